The van der Waals surface area contributed by atoms with Crippen LogP contribution in [0.2, 0.25) is 0 Å². The van der Waals surface area contributed by atoms with Gasteiger partial charge in [-0.05, 0) is 36.2 Å². The standard InChI is InChI=1S/C20H23FN4O/c21-16-5-3-4-15(12-16)13-23-10-11-25(19-7-2-1-6-18(19)23)20(26)24-9-8-17(22)14-24/h1-7,12,17H,8-11,13-14,22H2. The second-order valence-electron chi connectivity index (χ2n) is 6.97. The van der Waals surface area contributed by atoms with Crippen molar-refractivity contribution in [3.63, 3.8) is 0 Å². The van der Waals surface area contributed by atoms with Gasteiger partial charge in [-0.15, -0.1) is 0 Å². The van der Waals surface area contributed by atoms with Gasteiger partial charge in [0.1, 0.15) is 5.82 Å². The van der Waals surface area contributed by atoms with Crippen molar-refractivity contribution in [1.82, 2.24) is 4.90 Å². The summed E-state index contributed by atoms with van der Waals surface area (Å²) in [5.74, 6) is -0.227. The minimum Gasteiger partial charge on any atom is -0.364 e. The number of carbonyl (C=O) groups excluding carboxylic acids is 1. The first-order valence-electron chi connectivity index (χ1n) is 9.02. The molecular weight excluding hydrogens is 331 g/mol. The number of hydrogen-bond donors (Lipinski definition) is 1. The Bertz CT molecular complexity index is 812. The number of rotatable bonds is 2. The molecule has 2 aliphatic heterocycles. The van der Waals surface area contributed by atoms with Crippen molar-refractivity contribution in [2.24, 2.45) is 5.73 Å². The number of nitrogens with zero attached hydrogens (tertiary/aromatic N) is 3. The average molecular weight is 354 g/mol. The fraction of sp³-hybridized carbons (Fsp3) is 0.350. The molecule has 2 amide bonds. The van der Waals surface area contributed by atoms with Crippen molar-refractivity contribution in [3.05, 3.63) is 59.9 Å². The van der Waals surface area contributed by atoms with Gasteiger partial charge in [0.25, 0.3) is 0 Å². The number of carbonyl (C=O) groups is 1. The van der Waals surface area contributed by atoms with Gasteiger partial charge >= 0.3 is 6.03 Å². The van der Waals surface area contributed by atoms with E-state index in [2.05, 4.69) is 4.90 Å². The lowest BCUT2D eigenvalue weighted by molar-refractivity contribution is 0.214. The normalized spacial score (nSPS) is 19.6. The van der Waals surface area contributed by atoms with E-state index in [0.29, 0.717) is 32.7 Å². The van der Waals surface area contributed by atoms with E-state index in [-0.39, 0.29) is 17.9 Å². The third-order valence-corrected chi connectivity index (χ3v) is 5.10. The lowest BCUT2D eigenvalue weighted by Crippen LogP contribution is -2.49. The van der Waals surface area contributed by atoms with Gasteiger partial charge in [-0.2, -0.15) is 0 Å². The lowest BCUT2D eigenvalue weighted by atomic mass is 10.1. The number of urea groups is 1. The molecular formula is C20H23FN4O. The molecule has 5 nitrogen and oxygen atoms in total. The van der Waals surface area contributed by atoms with Crippen molar-refractivity contribution in [2.45, 2.75) is 19.0 Å². The second kappa shape index (κ2) is 6.96. The molecule has 6 heteroatoms. The Kier molecular flexibility index (Phi) is 4.51. The summed E-state index contributed by atoms with van der Waals surface area (Å²) in [6.45, 7) is 3.26. The third kappa shape index (κ3) is 3.24. The monoisotopic (exact) mass is 354 g/mol. The molecule has 4 rings (SSSR count). The van der Waals surface area contributed by atoms with E-state index >= 15 is 0 Å². The van der Waals surface area contributed by atoms with Crippen LogP contribution in [0.15, 0.2) is 48.5 Å². The van der Waals surface area contributed by atoms with Crippen molar-refractivity contribution < 1.29 is 9.18 Å². The minimum absolute atomic E-state index is 0.0239. The number of anilines is 2. The van der Waals surface area contributed by atoms with Crippen LogP contribution in [0.1, 0.15) is 12.0 Å². The summed E-state index contributed by atoms with van der Waals surface area (Å²) in [6, 6.07) is 14.7. The summed E-state index contributed by atoms with van der Waals surface area (Å²) >= 11 is 0. The molecule has 0 radical (unpaired) electrons. The molecule has 2 aliphatic rings. The number of fused-ring (bicyclic) bond motifs is 1. The molecule has 2 N–H and O–H groups in total. The van der Waals surface area contributed by atoms with Crippen LogP contribution in [0.3, 0.4) is 0 Å². The highest BCUT2D eigenvalue weighted by Gasteiger charge is 2.32. The highest BCUT2D eigenvalue weighted by molar-refractivity contribution is 5.97. The molecule has 0 aromatic heterocycles. The van der Waals surface area contributed by atoms with Crippen LogP contribution in [0, 0.1) is 5.82 Å². The van der Waals surface area contributed by atoms with Crippen LogP contribution < -0.4 is 15.5 Å². The van der Waals surface area contributed by atoms with Gasteiger partial charge in [0.15, 0.2) is 0 Å². The maximum absolute atomic E-state index is 13.5. The Hall–Kier alpha value is -2.60. The molecule has 136 valence electrons. The van der Waals surface area contributed by atoms with E-state index in [1.54, 1.807) is 12.1 Å². The zero-order valence-corrected chi connectivity index (χ0v) is 14.6. The summed E-state index contributed by atoms with van der Waals surface area (Å²) in [6.07, 6.45) is 0.854. The average Bonchev–Trinajstić information content (AvgIpc) is 3.08. The highest BCUT2D eigenvalue weighted by atomic mass is 19.1. The predicted molar refractivity (Wildman–Crippen MR) is 101 cm³/mol. The van der Waals surface area contributed by atoms with Gasteiger partial charge < -0.3 is 15.5 Å². The summed E-state index contributed by atoms with van der Waals surface area (Å²) in [7, 11) is 0. The predicted octanol–water partition coefficient (Wildman–Crippen LogP) is 2.81. The topological polar surface area (TPSA) is 52.8 Å². The number of amides is 2. The Labute approximate surface area is 152 Å². The number of benzene rings is 2. The van der Waals surface area contributed by atoms with Crippen LogP contribution in [-0.4, -0.2) is 43.2 Å². The van der Waals surface area contributed by atoms with E-state index < -0.39 is 0 Å². The SMILES string of the molecule is NC1CCN(C(=O)N2CCN(Cc3cccc(F)c3)c3ccccc32)C1. The van der Waals surface area contributed by atoms with E-state index in [1.807, 2.05) is 40.1 Å². The van der Waals surface area contributed by atoms with Gasteiger partial charge in [0.05, 0.1) is 11.4 Å². The second-order valence-corrected chi connectivity index (χ2v) is 6.97. The van der Waals surface area contributed by atoms with Crippen LogP contribution in [0.5, 0.6) is 0 Å². The van der Waals surface area contributed by atoms with Gasteiger partial charge in [0.2, 0.25) is 0 Å². The smallest absolute Gasteiger partial charge is 0.324 e. The Morgan fingerprint density at radius 2 is 1.88 bits per heavy atom. The van der Waals surface area contributed by atoms with Gasteiger partial charge in [-0.3, -0.25) is 4.90 Å². The molecule has 2 aromatic rings. The minimum atomic E-state index is -0.227. The molecule has 1 atom stereocenters. The first-order chi connectivity index (χ1) is 12.6. The first kappa shape index (κ1) is 16.8. The molecule has 0 aliphatic carbocycles. The van der Waals surface area contributed by atoms with Gasteiger partial charge in [0, 0.05) is 38.8 Å². The Morgan fingerprint density at radius 1 is 1.08 bits per heavy atom. The molecule has 0 saturated carbocycles. The van der Waals surface area contributed by atoms with Gasteiger partial charge in [-0.1, -0.05) is 24.3 Å². The van der Waals surface area contributed by atoms with E-state index in [0.717, 1.165) is 23.4 Å². The molecule has 0 spiro atoms. The first-order valence-corrected chi connectivity index (χ1v) is 9.02. The van der Waals surface area contributed by atoms with Crippen LogP contribution >= 0.6 is 0 Å². The highest BCUT2D eigenvalue weighted by Crippen LogP contribution is 2.34. The fourth-order valence-corrected chi connectivity index (χ4v) is 3.77. The van der Waals surface area contributed by atoms with Crippen LogP contribution in [0.4, 0.5) is 20.6 Å². The quantitative estimate of drug-likeness (QED) is 0.902. The van der Waals surface area contributed by atoms with E-state index in [9.17, 15) is 9.18 Å². The van der Waals surface area contributed by atoms with E-state index in [1.165, 1.54) is 6.07 Å². The fourth-order valence-electron chi connectivity index (χ4n) is 3.77. The third-order valence-electron chi connectivity index (χ3n) is 5.10. The molecule has 2 aromatic carbocycles. The molecule has 26 heavy (non-hydrogen) atoms. The maximum atomic E-state index is 13.5. The zero-order valence-electron chi connectivity index (χ0n) is 14.6. The molecule has 2 heterocycles. The van der Waals surface area contributed by atoms with Gasteiger partial charge in [-0.25, -0.2) is 9.18 Å². The largest absolute Gasteiger partial charge is 0.364 e. The van der Waals surface area contributed by atoms with E-state index in [4.69, 9.17) is 5.73 Å². The Morgan fingerprint density at radius 3 is 2.62 bits per heavy atom. The lowest BCUT2D eigenvalue weighted by Gasteiger charge is -2.39. The molecule has 0 bridgehead atoms. The van der Waals surface area contributed by atoms with Crippen LogP contribution in [-0.2, 0) is 6.54 Å². The number of halogens is 1. The molecule has 1 unspecified atom stereocenters. The van der Waals surface area contributed by atoms with Crippen molar-refractivity contribution in [2.75, 3.05) is 36.0 Å². The Balaban J connectivity index is 1.58. The number of hydrogen-bond acceptors (Lipinski definition) is 3. The van der Waals surface area contributed by atoms with Crippen molar-refractivity contribution >= 4 is 17.4 Å². The summed E-state index contributed by atoms with van der Waals surface area (Å²) in [4.78, 5) is 18.8. The summed E-state index contributed by atoms with van der Waals surface area (Å²) in [5, 5.41) is 0. The zero-order chi connectivity index (χ0) is 18.1. The number of likely N-dealkylation sites (tertiary alicyclic amines) is 1. The van der Waals surface area contributed by atoms with Crippen molar-refractivity contribution in [1.29, 1.82) is 0 Å². The van der Waals surface area contributed by atoms with Crippen LogP contribution in [0.25, 0.3) is 0 Å². The molecule has 1 saturated heterocycles. The molecule has 1 fully saturated rings. The number of nitrogens with two attached hydrogens (primary N) is 1. The van der Waals surface area contributed by atoms with Crippen molar-refractivity contribution in [3.8, 4) is 0 Å². The summed E-state index contributed by atoms with van der Waals surface area (Å²) in [5.41, 5.74) is 8.78. The maximum Gasteiger partial charge on any atom is 0.324 e. The number of para-hydroxylation sites is 2. The summed E-state index contributed by atoms with van der Waals surface area (Å²) < 4.78 is 13.5.